The molecule has 0 saturated heterocycles. The van der Waals surface area contributed by atoms with Crippen LogP contribution < -0.4 is 14.2 Å². The van der Waals surface area contributed by atoms with E-state index in [4.69, 9.17) is 18.9 Å². The number of rotatable bonds is 4. The van der Waals surface area contributed by atoms with E-state index >= 15 is 0 Å². The molecule has 2 rings (SSSR count). The molecule has 0 atom stereocenters. The molecule has 0 spiro atoms. The van der Waals surface area contributed by atoms with Gasteiger partial charge in [0.25, 0.3) is 0 Å². The fourth-order valence-electron chi connectivity index (χ4n) is 1.32. The summed E-state index contributed by atoms with van der Waals surface area (Å²) in [4.78, 5) is 10.8. The third kappa shape index (κ3) is 1.73. The Bertz CT molecular complexity index is 374. The van der Waals surface area contributed by atoms with Crippen LogP contribution >= 0.6 is 0 Å². The lowest BCUT2D eigenvalue weighted by atomic mass is 10.2. The minimum Gasteiger partial charge on any atom is -0.463 e. The molecule has 0 bridgehead atoms. The molecule has 1 aromatic rings. The van der Waals surface area contributed by atoms with Crippen LogP contribution in [0, 0.1) is 0 Å². The number of hydrogen-bond donors (Lipinski definition) is 0. The van der Waals surface area contributed by atoms with Crippen molar-refractivity contribution in [3.63, 3.8) is 0 Å². The molecule has 0 aliphatic carbocycles. The van der Waals surface area contributed by atoms with Gasteiger partial charge in [-0.2, -0.15) is 0 Å². The van der Waals surface area contributed by atoms with Gasteiger partial charge in [-0.3, -0.25) is 4.79 Å². The second-order valence-electron chi connectivity index (χ2n) is 2.89. The summed E-state index contributed by atoms with van der Waals surface area (Å²) in [5, 5.41) is 0. The van der Waals surface area contributed by atoms with Gasteiger partial charge in [0.1, 0.15) is 0 Å². The number of hydrogen-bond acceptors (Lipinski definition) is 5. The first-order chi connectivity index (χ1) is 7.36. The molecular weight excluding hydrogens is 200 g/mol. The Morgan fingerprint density at radius 1 is 1.47 bits per heavy atom. The van der Waals surface area contributed by atoms with E-state index < -0.39 is 0 Å². The van der Waals surface area contributed by atoms with Crippen LogP contribution in [0.5, 0.6) is 17.2 Å². The third-order valence-corrected chi connectivity index (χ3v) is 1.97. The number of methoxy groups -OCH3 is 1. The van der Waals surface area contributed by atoms with Crippen molar-refractivity contribution in [2.45, 2.75) is 0 Å². The highest BCUT2D eigenvalue weighted by atomic mass is 16.7. The van der Waals surface area contributed by atoms with Gasteiger partial charge in [0.15, 0.2) is 24.6 Å². The first-order valence-corrected chi connectivity index (χ1v) is 4.36. The standard InChI is InChI=1S/C10H10O5/c1-12-5-14-9-7(4-11)2-3-8-10(9)15-6-13-8/h2-4H,5-6H2,1H3. The summed E-state index contributed by atoms with van der Waals surface area (Å²) in [6.07, 6.45) is 0.701. The van der Waals surface area contributed by atoms with Gasteiger partial charge in [0.05, 0.1) is 5.56 Å². The van der Waals surface area contributed by atoms with Gasteiger partial charge in [-0.05, 0) is 12.1 Å². The lowest BCUT2D eigenvalue weighted by Gasteiger charge is -2.09. The summed E-state index contributed by atoms with van der Waals surface area (Å²) in [6.45, 7) is 0.196. The van der Waals surface area contributed by atoms with E-state index in [2.05, 4.69) is 0 Å². The van der Waals surface area contributed by atoms with Crippen LogP contribution in [0.25, 0.3) is 0 Å². The van der Waals surface area contributed by atoms with E-state index in [1.54, 1.807) is 12.1 Å². The van der Waals surface area contributed by atoms with Crippen LogP contribution in [-0.2, 0) is 4.74 Å². The summed E-state index contributed by atoms with van der Waals surface area (Å²) in [6, 6.07) is 3.29. The lowest BCUT2D eigenvalue weighted by molar-refractivity contribution is 0.0479. The Kier molecular flexibility index (Phi) is 2.73. The first kappa shape index (κ1) is 9.79. The van der Waals surface area contributed by atoms with Crippen LogP contribution in [-0.4, -0.2) is 27.0 Å². The molecule has 0 saturated carbocycles. The molecule has 1 aliphatic rings. The molecule has 0 amide bonds. The summed E-state index contributed by atoms with van der Waals surface area (Å²) < 4.78 is 20.4. The fraction of sp³-hybridized carbons (Fsp3) is 0.300. The topological polar surface area (TPSA) is 54.0 Å². The SMILES string of the molecule is COCOc1c(C=O)ccc2c1OCO2. The zero-order valence-corrected chi connectivity index (χ0v) is 8.19. The van der Waals surface area contributed by atoms with Gasteiger partial charge in [0, 0.05) is 7.11 Å². The summed E-state index contributed by atoms with van der Waals surface area (Å²) >= 11 is 0. The van der Waals surface area contributed by atoms with E-state index in [9.17, 15) is 4.79 Å². The maximum atomic E-state index is 10.8. The van der Waals surface area contributed by atoms with Crippen molar-refractivity contribution in [1.29, 1.82) is 0 Å². The smallest absolute Gasteiger partial charge is 0.231 e. The highest BCUT2D eigenvalue weighted by Crippen LogP contribution is 2.42. The fourth-order valence-corrected chi connectivity index (χ4v) is 1.32. The van der Waals surface area contributed by atoms with E-state index in [0.717, 1.165) is 0 Å². The van der Waals surface area contributed by atoms with Crippen molar-refractivity contribution in [2.75, 3.05) is 20.7 Å². The highest BCUT2D eigenvalue weighted by molar-refractivity contribution is 5.82. The Morgan fingerprint density at radius 3 is 3.07 bits per heavy atom. The van der Waals surface area contributed by atoms with Crippen LogP contribution in [0.4, 0.5) is 0 Å². The lowest BCUT2D eigenvalue weighted by Crippen LogP contribution is -2.02. The molecule has 80 valence electrons. The molecule has 1 heterocycles. The monoisotopic (exact) mass is 210 g/mol. The Hall–Kier alpha value is -1.75. The van der Waals surface area contributed by atoms with Crippen molar-refractivity contribution in [3.05, 3.63) is 17.7 Å². The number of benzene rings is 1. The molecule has 0 fully saturated rings. The normalized spacial score (nSPS) is 12.6. The van der Waals surface area contributed by atoms with E-state index in [1.165, 1.54) is 7.11 Å². The Labute approximate surface area is 86.5 Å². The molecule has 5 nitrogen and oxygen atoms in total. The summed E-state index contributed by atoms with van der Waals surface area (Å²) in [5.74, 6) is 1.39. The molecule has 0 aromatic heterocycles. The molecule has 0 unspecified atom stereocenters. The highest BCUT2D eigenvalue weighted by Gasteiger charge is 2.21. The van der Waals surface area contributed by atoms with E-state index in [0.29, 0.717) is 29.1 Å². The van der Waals surface area contributed by atoms with Crippen molar-refractivity contribution in [3.8, 4) is 17.2 Å². The summed E-state index contributed by atoms with van der Waals surface area (Å²) in [5.41, 5.74) is 0.413. The minimum absolute atomic E-state index is 0.0562. The molecule has 15 heavy (non-hydrogen) atoms. The second-order valence-corrected chi connectivity index (χ2v) is 2.89. The first-order valence-electron chi connectivity index (χ1n) is 4.36. The zero-order chi connectivity index (χ0) is 10.7. The van der Waals surface area contributed by atoms with E-state index in [1.807, 2.05) is 0 Å². The van der Waals surface area contributed by atoms with E-state index in [-0.39, 0.29) is 13.6 Å². The minimum atomic E-state index is 0.0562. The molecular formula is C10H10O5. The van der Waals surface area contributed by atoms with Gasteiger partial charge in [-0.25, -0.2) is 0 Å². The number of aldehydes is 1. The predicted molar refractivity (Wildman–Crippen MR) is 50.5 cm³/mol. The van der Waals surface area contributed by atoms with Crippen LogP contribution in [0.1, 0.15) is 10.4 Å². The van der Waals surface area contributed by atoms with Gasteiger partial charge >= 0.3 is 0 Å². The average Bonchev–Trinajstić information content (AvgIpc) is 2.73. The average molecular weight is 210 g/mol. The Morgan fingerprint density at radius 2 is 2.33 bits per heavy atom. The molecule has 1 aromatic carbocycles. The van der Waals surface area contributed by atoms with Crippen LogP contribution in [0.15, 0.2) is 12.1 Å². The van der Waals surface area contributed by atoms with Crippen LogP contribution in [0.3, 0.4) is 0 Å². The quantitative estimate of drug-likeness (QED) is 0.552. The Balaban J connectivity index is 2.38. The zero-order valence-electron chi connectivity index (χ0n) is 8.19. The third-order valence-electron chi connectivity index (χ3n) is 1.97. The van der Waals surface area contributed by atoms with Gasteiger partial charge in [-0.15, -0.1) is 0 Å². The summed E-state index contributed by atoms with van der Waals surface area (Å²) in [7, 11) is 1.50. The van der Waals surface area contributed by atoms with Crippen molar-refractivity contribution >= 4 is 6.29 Å². The van der Waals surface area contributed by atoms with Gasteiger partial charge < -0.3 is 18.9 Å². The predicted octanol–water partition coefficient (Wildman–Crippen LogP) is 1.21. The molecule has 1 aliphatic heterocycles. The van der Waals surface area contributed by atoms with Gasteiger partial charge in [0.2, 0.25) is 12.5 Å². The largest absolute Gasteiger partial charge is 0.463 e. The maximum Gasteiger partial charge on any atom is 0.231 e. The number of fused-ring (bicyclic) bond motifs is 1. The molecule has 0 N–H and O–H groups in total. The van der Waals surface area contributed by atoms with Crippen molar-refractivity contribution in [2.24, 2.45) is 0 Å². The number of carbonyl (C=O) groups excluding carboxylic acids is 1. The second kappa shape index (κ2) is 4.18. The van der Waals surface area contributed by atoms with Crippen LogP contribution in [0.2, 0.25) is 0 Å². The maximum absolute atomic E-state index is 10.8. The number of ether oxygens (including phenoxy) is 4. The van der Waals surface area contributed by atoms with Crippen molar-refractivity contribution < 1.29 is 23.7 Å². The van der Waals surface area contributed by atoms with Crippen molar-refractivity contribution in [1.82, 2.24) is 0 Å². The molecule has 0 radical (unpaired) electrons. The number of carbonyl (C=O) groups is 1. The molecule has 5 heteroatoms. The van der Waals surface area contributed by atoms with Gasteiger partial charge in [-0.1, -0.05) is 0 Å².